The Morgan fingerprint density at radius 2 is 1.96 bits per heavy atom. The molecule has 28 heavy (non-hydrogen) atoms. The first-order valence-corrected chi connectivity index (χ1v) is 10.4. The van der Waals surface area contributed by atoms with Gasteiger partial charge < -0.3 is 4.90 Å². The second kappa shape index (κ2) is 8.37. The van der Waals surface area contributed by atoms with E-state index in [9.17, 15) is 9.18 Å². The molecule has 1 atom stereocenters. The highest BCUT2D eigenvalue weighted by Gasteiger charge is 2.28. The fourth-order valence-corrected chi connectivity index (χ4v) is 4.66. The van der Waals surface area contributed by atoms with Crippen LogP contribution in [0.4, 0.5) is 4.39 Å². The first-order valence-electron chi connectivity index (χ1n) is 9.21. The average Bonchev–Trinajstić information content (AvgIpc) is 3.20. The van der Waals surface area contributed by atoms with Crippen LogP contribution < -0.4 is 0 Å². The molecule has 1 aromatic heterocycles. The molecule has 2 heterocycles. The Morgan fingerprint density at radius 3 is 2.79 bits per heavy atom. The highest BCUT2D eigenvalue weighted by atomic mass is 35.5. The number of nitrogens with zero attached hydrogens (tertiary/aromatic N) is 3. The van der Waals surface area contributed by atoms with E-state index in [1.165, 1.54) is 17.4 Å². The number of carbonyl (C=O) groups is 1. The maximum atomic E-state index is 14.0. The smallest absolute Gasteiger partial charge is 0.227 e. The molecule has 4 rings (SSSR count). The third-order valence-electron chi connectivity index (χ3n) is 4.97. The number of hydrogen-bond donors (Lipinski definition) is 0. The van der Waals surface area contributed by atoms with Crippen molar-refractivity contribution in [1.82, 2.24) is 15.1 Å². The van der Waals surface area contributed by atoms with Crippen molar-refractivity contribution in [3.05, 3.63) is 69.9 Å². The Morgan fingerprint density at radius 1 is 1.18 bits per heavy atom. The van der Waals surface area contributed by atoms with Gasteiger partial charge in [-0.2, -0.15) is 0 Å². The number of carbonyl (C=O) groups excluding carboxylic acids is 1. The van der Waals surface area contributed by atoms with Crippen LogP contribution >= 0.6 is 22.9 Å². The third kappa shape index (κ3) is 4.08. The summed E-state index contributed by atoms with van der Waals surface area (Å²) in [6.45, 7) is 1.34. The largest absolute Gasteiger partial charge is 0.342 e. The number of amides is 1. The van der Waals surface area contributed by atoms with Gasteiger partial charge in [0.1, 0.15) is 10.8 Å². The van der Waals surface area contributed by atoms with Crippen molar-refractivity contribution < 1.29 is 9.18 Å². The molecule has 0 bridgehead atoms. The topological polar surface area (TPSA) is 46.1 Å². The number of likely N-dealkylation sites (tertiary alicyclic amines) is 1. The molecule has 144 valence electrons. The Hall–Kier alpha value is -2.31. The molecule has 7 heteroatoms. The normalized spacial score (nSPS) is 16.9. The Kier molecular flexibility index (Phi) is 5.69. The molecule has 1 saturated heterocycles. The quantitative estimate of drug-likeness (QED) is 0.605. The number of benzene rings is 2. The van der Waals surface area contributed by atoms with Crippen molar-refractivity contribution in [3.8, 4) is 10.6 Å². The molecule has 4 nitrogen and oxygen atoms in total. The van der Waals surface area contributed by atoms with Crippen molar-refractivity contribution in [2.24, 2.45) is 0 Å². The molecule has 1 amide bonds. The summed E-state index contributed by atoms with van der Waals surface area (Å²) < 4.78 is 14.0. The van der Waals surface area contributed by atoms with Crippen molar-refractivity contribution in [3.63, 3.8) is 0 Å². The number of aromatic nitrogens is 2. The van der Waals surface area contributed by atoms with Gasteiger partial charge in [-0.25, -0.2) is 4.39 Å². The van der Waals surface area contributed by atoms with Gasteiger partial charge in [-0.3, -0.25) is 4.79 Å². The van der Waals surface area contributed by atoms with Gasteiger partial charge in [0, 0.05) is 29.6 Å². The first kappa shape index (κ1) is 19.0. The minimum absolute atomic E-state index is 0.0663. The molecular formula is C21H19ClFN3OS. The van der Waals surface area contributed by atoms with Gasteiger partial charge >= 0.3 is 0 Å². The zero-order valence-electron chi connectivity index (χ0n) is 15.1. The molecule has 0 radical (unpaired) electrons. The van der Waals surface area contributed by atoms with Gasteiger partial charge in [-0.05, 0) is 36.6 Å². The molecule has 2 aromatic carbocycles. The highest BCUT2D eigenvalue weighted by Crippen LogP contribution is 2.33. The van der Waals surface area contributed by atoms with Crippen LogP contribution in [-0.2, 0) is 11.2 Å². The summed E-state index contributed by atoms with van der Waals surface area (Å²) in [5.74, 6) is -0.107. The predicted molar refractivity (Wildman–Crippen MR) is 109 cm³/mol. The van der Waals surface area contributed by atoms with Crippen LogP contribution in [0.15, 0.2) is 48.5 Å². The van der Waals surface area contributed by atoms with Crippen LogP contribution in [0.1, 0.15) is 29.3 Å². The summed E-state index contributed by atoms with van der Waals surface area (Å²) in [6.07, 6.45) is 2.15. The van der Waals surface area contributed by atoms with Crippen LogP contribution in [0.25, 0.3) is 10.6 Å². The lowest BCUT2D eigenvalue weighted by atomic mass is 9.98. The summed E-state index contributed by atoms with van der Waals surface area (Å²) in [6, 6.07) is 14.0. The minimum atomic E-state index is -0.301. The number of halogens is 2. The fraction of sp³-hybridized carbons (Fsp3) is 0.286. The predicted octanol–water partition coefficient (Wildman–Crippen LogP) is 4.95. The van der Waals surface area contributed by atoms with Crippen molar-refractivity contribution >= 4 is 28.8 Å². The van der Waals surface area contributed by atoms with E-state index < -0.39 is 0 Å². The zero-order valence-corrected chi connectivity index (χ0v) is 16.7. The summed E-state index contributed by atoms with van der Waals surface area (Å²) in [5.41, 5.74) is 1.31. The van der Waals surface area contributed by atoms with E-state index in [2.05, 4.69) is 10.2 Å². The van der Waals surface area contributed by atoms with Crippen LogP contribution in [-0.4, -0.2) is 34.1 Å². The van der Waals surface area contributed by atoms with E-state index in [0.717, 1.165) is 30.0 Å². The van der Waals surface area contributed by atoms with Gasteiger partial charge in [0.05, 0.1) is 6.42 Å². The second-order valence-electron chi connectivity index (χ2n) is 6.87. The molecule has 1 fully saturated rings. The lowest BCUT2D eigenvalue weighted by molar-refractivity contribution is -0.131. The Bertz CT molecular complexity index is 993. The van der Waals surface area contributed by atoms with E-state index in [1.807, 2.05) is 23.1 Å². The van der Waals surface area contributed by atoms with E-state index in [1.54, 1.807) is 24.3 Å². The molecule has 1 aliphatic rings. The monoisotopic (exact) mass is 415 g/mol. The number of rotatable bonds is 4. The zero-order chi connectivity index (χ0) is 19.5. The minimum Gasteiger partial charge on any atom is -0.342 e. The molecule has 1 aliphatic heterocycles. The fourth-order valence-electron chi connectivity index (χ4n) is 3.46. The number of hydrogen-bond acceptors (Lipinski definition) is 4. The van der Waals surface area contributed by atoms with Crippen LogP contribution in [0, 0.1) is 5.82 Å². The molecule has 3 aromatic rings. The summed E-state index contributed by atoms with van der Waals surface area (Å²) >= 11 is 7.59. The lowest BCUT2D eigenvalue weighted by Gasteiger charge is -2.31. The van der Waals surface area contributed by atoms with E-state index in [4.69, 9.17) is 11.6 Å². The maximum Gasteiger partial charge on any atom is 0.227 e. The van der Waals surface area contributed by atoms with Gasteiger partial charge in [0.2, 0.25) is 5.91 Å². The molecule has 0 unspecified atom stereocenters. The molecule has 0 spiro atoms. The van der Waals surface area contributed by atoms with Gasteiger partial charge in [-0.1, -0.05) is 53.3 Å². The lowest BCUT2D eigenvalue weighted by Crippen LogP contribution is -2.40. The van der Waals surface area contributed by atoms with E-state index in [0.29, 0.717) is 28.6 Å². The summed E-state index contributed by atoms with van der Waals surface area (Å²) in [5, 5.41) is 10.5. The standard InChI is InChI=1S/C21H19ClFN3OS/c22-17-9-3-1-6-14(17)12-19(27)26-11-5-7-15(13-26)20-24-25-21(28-20)16-8-2-4-10-18(16)23/h1-4,6,8-10,15H,5,7,11-13H2/t15-/m1/s1. The number of piperidine rings is 1. The highest BCUT2D eigenvalue weighted by molar-refractivity contribution is 7.14. The molecule has 0 N–H and O–H groups in total. The van der Waals surface area contributed by atoms with E-state index in [-0.39, 0.29) is 17.6 Å². The van der Waals surface area contributed by atoms with Crippen LogP contribution in [0.5, 0.6) is 0 Å². The first-order chi connectivity index (χ1) is 13.6. The van der Waals surface area contributed by atoms with Gasteiger partial charge in [0.15, 0.2) is 5.01 Å². The average molecular weight is 416 g/mol. The second-order valence-corrected chi connectivity index (χ2v) is 8.29. The molecule has 0 saturated carbocycles. The van der Waals surface area contributed by atoms with Crippen molar-refractivity contribution in [2.45, 2.75) is 25.2 Å². The van der Waals surface area contributed by atoms with Crippen molar-refractivity contribution in [2.75, 3.05) is 13.1 Å². The van der Waals surface area contributed by atoms with E-state index >= 15 is 0 Å². The molecule has 0 aliphatic carbocycles. The summed E-state index contributed by atoms with van der Waals surface area (Å²) in [4.78, 5) is 14.6. The van der Waals surface area contributed by atoms with Gasteiger partial charge in [-0.15, -0.1) is 10.2 Å². The van der Waals surface area contributed by atoms with Crippen LogP contribution in [0.3, 0.4) is 0 Å². The SMILES string of the molecule is O=C(Cc1ccccc1Cl)N1CCC[C@@H](c2nnc(-c3ccccc3F)s2)C1. The maximum absolute atomic E-state index is 14.0. The summed E-state index contributed by atoms with van der Waals surface area (Å²) in [7, 11) is 0. The third-order valence-corrected chi connectivity index (χ3v) is 6.46. The Balaban J connectivity index is 1.46. The van der Waals surface area contributed by atoms with Gasteiger partial charge in [0.25, 0.3) is 0 Å². The Labute approximate surface area is 172 Å². The van der Waals surface area contributed by atoms with Crippen LogP contribution in [0.2, 0.25) is 5.02 Å². The van der Waals surface area contributed by atoms with Crippen molar-refractivity contribution in [1.29, 1.82) is 0 Å². The molecular weight excluding hydrogens is 397 g/mol.